The van der Waals surface area contributed by atoms with Crippen LogP contribution < -0.4 is 26.2 Å². The minimum Gasteiger partial charge on any atom is -0.311 e. The summed E-state index contributed by atoms with van der Waals surface area (Å²) in [5.74, 6) is 0. The molecule has 0 bridgehead atoms. The molecule has 10 rings (SSSR count). The minimum absolute atomic E-state index is 0.00532. The predicted molar refractivity (Wildman–Crippen MR) is 273 cm³/mol. The summed E-state index contributed by atoms with van der Waals surface area (Å²) < 4.78 is 1.36. The van der Waals surface area contributed by atoms with E-state index in [4.69, 9.17) is 0 Å². The first-order valence-electron chi connectivity index (χ1n) is 23.6. The summed E-state index contributed by atoms with van der Waals surface area (Å²) >= 11 is 1.98. The zero-order valence-electron chi connectivity index (χ0n) is 40.7. The van der Waals surface area contributed by atoms with E-state index in [1.165, 1.54) is 118 Å². The lowest BCUT2D eigenvalue weighted by Crippen LogP contribution is -2.62. The third-order valence-electron chi connectivity index (χ3n) is 16.0. The van der Waals surface area contributed by atoms with Crippen molar-refractivity contribution in [3.63, 3.8) is 0 Å². The van der Waals surface area contributed by atoms with E-state index in [1.807, 2.05) is 11.3 Å². The highest BCUT2D eigenvalue weighted by Crippen LogP contribution is 2.56. The number of fused-ring (bicyclic) bond motifs is 9. The lowest BCUT2D eigenvalue weighted by atomic mass is 9.33. The van der Waals surface area contributed by atoms with Crippen LogP contribution in [0.4, 0.5) is 33.4 Å². The molecule has 5 aromatic carbocycles. The highest BCUT2D eigenvalue weighted by Gasteiger charge is 2.50. The molecule has 4 aliphatic rings. The third kappa shape index (κ3) is 6.08. The van der Waals surface area contributed by atoms with Crippen LogP contribution in [0.1, 0.15) is 167 Å². The van der Waals surface area contributed by atoms with Gasteiger partial charge in [-0.25, -0.2) is 0 Å². The molecule has 0 saturated carbocycles. The number of anilines is 6. The summed E-state index contributed by atoms with van der Waals surface area (Å²) in [6.45, 7) is 38.8. The van der Waals surface area contributed by atoms with Crippen LogP contribution >= 0.6 is 11.3 Å². The van der Waals surface area contributed by atoms with Crippen molar-refractivity contribution in [3.05, 3.63) is 123 Å². The number of hydrogen-bond acceptors (Lipinski definition) is 3. The Hall–Kier alpha value is -4.28. The Morgan fingerprint density at radius 2 is 1.13 bits per heavy atom. The van der Waals surface area contributed by atoms with E-state index in [1.54, 1.807) is 5.56 Å². The highest BCUT2D eigenvalue weighted by molar-refractivity contribution is 7.26. The van der Waals surface area contributed by atoms with Crippen molar-refractivity contribution in [2.24, 2.45) is 0 Å². The molecule has 2 aliphatic heterocycles. The van der Waals surface area contributed by atoms with Gasteiger partial charge in [0.25, 0.3) is 6.71 Å². The predicted octanol–water partition coefficient (Wildman–Crippen LogP) is 14.9. The van der Waals surface area contributed by atoms with E-state index in [0.717, 1.165) is 6.42 Å². The molecule has 0 fully saturated rings. The molecule has 0 saturated heterocycles. The number of aryl methyl sites for hydroxylation is 2. The average Bonchev–Trinajstić information content (AvgIpc) is 3.55. The molecule has 2 aliphatic carbocycles. The topological polar surface area (TPSA) is 6.48 Å². The Labute approximate surface area is 378 Å². The van der Waals surface area contributed by atoms with E-state index in [2.05, 4.69) is 199 Å². The van der Waals surface area contributed by atoms with Crippen LogP contribution in [0.3, 0.4) is 0 Å². The van der Waals surface area contributed by atoms with Gasteiger partial charge in [-0.1, -0.05) is 145 Å². The smallest absolute Gasteiger partial charge is 0.254 e. The standard InChI is InChI=1S/C58H69BN2S/c1-34-17-24-47-39(29-34)49-52(62-47)61(44-23-18-36(30-35(44)2)53(3,4)5)46-32-37(54(6,7)8)31-45-50(46)59(49)43-22-21-41-48(58(15,16)28-27-56(41,11)12)51(43)60(45)38-19-20-40-42(33-38)57(13,14)26-25-55(40,9)10/h17-24,29-33H,25-28H2,1-16H3. The van der Waals surface area contributed by atoms with Gasteiger partial charge in [0.05, 0.1) is 5.00 Å². The van der Waals surface area contributed by atoms with Crippen LogP contribution in [0, 0.1) is 13.8 Å². The highest BCUT2D eigenvalue weighted by atomic mass is 32.1. The quantitative estimate of drug-likeness (QED) is 0.160. The largest absolute Gasteiger partial charge is 0.311 e. The maximum Gasteiger partial charge on any atom is 0.254 e. The van der Waals surface area contributed by atoms with Gasteiger partial charge in [0.2, 0.25) is 0 Å². The number of benzene rings is 5. The molecule has 0 spiro atoms. The van der Waals surface area contributed by atoms with E-state index >= 15 is 0 Å². The van der Waals surface area contributed by atoms with E-state index in [-0.39, 0.29) is 39.2 Å². The fraction of sp³-hybridized carbons (Fsp3) is 0.448. The van der Waals surface area contributed by atoms with Crippen LogP contribution in [0.5, 0.6) is 0 Å². The number of hydrogen-bond donors (Lipinski definition) is 0. The molecule has 320 valence electrons. The van der Waals surface area contributed by atoms with E-state index in [0.29, 0.717) is 0 Å². The summed E-state index contributed by atoms with van der Waals surface area (Å²) in [6, 6.07) is 32.4. The molecular formula is C58H69BN2S. The van der Waals surface area contributed by atoms with E-state index < -0.39 is 0 Å². The maximum atomic E-state index is 2.79. The molecule has 6 aromatic rings. The molecule has 1 aromatic heterocycles. The molecule has 0 amide bonds. The summed E-state index contributed by atoms with van der Waals surface area (Å²) in [7, 11) is 0. The first kappa shape index (κ1) is 41.7. The first-order chi connectivity index (χ1) is 28.8. The van der Waals surface area contributed by atoms with Gasteiger partial charge >= 0.3 is 0 Å². The SMILES string of the molecule is Cc1ccc2sc3c(c2c1)B1c2ccc4c(c2N(c2ccc5c(c2)C(C)(C)CCC5(C)C)c2cc(C(C)(C)C)cc(c21)N3c1ccc(C(C)(C)C)cc1C)C(C)(C)CCC4(C)C. The van der Waals surface area contributed by atoms with Gasteiger partial charge in [-0.3, -0.25) is 0 Å². The molecule has 0 atom stereocenters. The molecule has 62 heavy (non-hydrogen) atoms. The van der Waals surface area contributed by atoms with Gasteiger partial charge in [-0.2, -0.15) is 0 Å². The Bertz CT molecular complexity index is 2870. The molecule has 0 radical (unpaired) electrons. The van der Waals surface area contributed by atoms with Gasteiger partial charge in [0.15, 0.2) is 0 Å². The zero-order valence-corrected chi connectivity index (χ0v) is 41.5. The van der Waals surface area contributed by atoms with Crippen molar-refractivity contribution in [2.75, 3.05) is 9.80 Å². The van der Waals surface area contributed by atoms with Crippen molar-refractivity contribution in [3.8, 4) is 0 Å². The average molecular weight is 837 g/mol. The van der Waals surface area contributed by atoms with Crippen LogP contribution in [0.15, 0.2) is 78.9 Å². The van der Waals surface area contributed by atoms with E-state index in [9.17, 15) is 0 Å². The second-order valence-electron chi connectivity index (χ2n) is 24.5. The van der Waals surface area contributed by atoms with Crippen LogP contribution in [-0.4, -0.2) is 6.71 Å². The Balaban J connectivity index is 1.39. The molecule has 4 heteroatoms. The zero-order chi connectivity index (χ0) is 44.4. The van der Waals surface area contributed by atoms with Crippen molar-refractivity contribution in [1.29, 1.82) is 0 Å². The van der Waals surface area contributed by atoms with Gasteiger partial charge < -0.3 is 9.80 Å². The Morgan fingerprint density at radius 1 is 0.532 bits per heavy atom. The van der Waals surface area contributed by atoms with Crippen molar-refractivity contribution in [2.45, 2.75) is 169 Å². The second-order valence-corrected chi connectivity index (χ2v) is 25.6. The maximum absolute atomic E-state index is 2.79. The molecule has 2 nitrogen and oxygen atoms in total. The van der Waals surface area contributed by atoms with Gasteiger partial charge in [0.1, 0.15) is 0 Å². The molecular weight excluding hydrogens is 768 g/mol. The molecule has 0 N–H and O–H groups in total. The second kappa shape index (κ2) is 13.2. The fourth-order valence-corrected chi connectivity index (χ4v) is 13.1. The number of nitrogens with zero attached hydrogens (tertiary/aromatic N) is 2. The summed E-state index contributed by atoms with van der Waals surface area (Å²) in [5, 5.41) is 2.76. The minimum atomic E-state index is -0.0828. The third-order valence-corrected chi connectivity index (χ3v) is 17.2. The van der Waals surface area contributed by atoms with Gasteiger partial charge in [0, 0.05) is 33.1 Å². The Morgan fingerprint density at radius 3 is 1.77 bits per heavy atom. The Kier molecular flexibility index (Phi) is 8.85. The molecule has 0 unspecified atom stereocenters. The van der Waals surface area contributed by atoms with Crippen LogP contribution in [0.2, 0.25) is 0 Å². The summed E-state index contributed by atoms with van der Waals surface area (Å²) in [6.07, 6.45) is 4.75. The summed E-state index contributed by atoms with van der Waals surface area (Å²) in [5.41, 5.74) is 22.8. The van der Waals surface area contributed by atoms with Crippen molar-refractivity contribution in [1.82, 2.24) is 0 Å². The number of rotatable bonds is 2. The fourth-order valence-electron chi connectivity index (χ4n) is 11.9. The number of thiophene rings is 1. The normalized spacial score (nSPS) is 19.1. The van der Waals surface area contributed by atoms with Crippen LogP contribution in [0.25, 0.3) is 10.1 Å². The van der Waals surface area contributed by atoms with Crippen LogP contribution in [-0.2, 0) is 32.5 Å². The monoisotopic (exact) mass is 837 g/mol. The lowest BCUT2D eigenvalue weighted by Gasteiger charge is -2.50. The lowest BCUT2D eigenvalue weighted by molar-refractivity contribution is 0.331. The van der Waals surface area contributed by atoms with Gasteiger partial charge in [-0.15, -0.1) is 11.3 Å². The van der Waals surface area contributed by atoms with Gasteiger partial charge in [-0.05, 0) is 169 Å². The van der Waals surface area contributed by atoms with Crippen molar-refractivity contribution >= 4 is 78.0 Å². The molecule has 3 heterocycles. The summed E-state index contributed by atoms with van der Waals surface area (Å²) in [4.78, 5) is 5.48. The van der Waals surface area contributed by atoms with Crippen molar-refractivity contribution < 1.29 is 0 Å². The first-order valence-corrected chi connectivity index (χ1v) is 24.4.